The minimum absolute atomic E-state index is 0. The second-order valence-corrected chi connectivity index (χ2v) is 12.4. The van der Waals surface area contributed by atoms with Crippen LogP contribution >= 0.6 is 0 Å². The van der Waals surface area contributed by atoms with Crippen molar-refractivity contribution < 1.29 is 39.0 Å². The van der Waals surface area contributed by atoms with E-state index in [-0.39, 0.29) is 31.6 Å². The molecule has 0 bridgehead atoms. The van der Waals surface area contributed by atoms with Gasteiger partial charge in [0.05, 0.1) is 11.3 Å². The minimum Gasteiger partial charge on any atom is -0.512 e. The van der Waals surface area contributed by atoms with Crippen LogP contribution in [0.4, 0.5) is 0 Å². The van der Waals surface area contributed by atoms with Crippen LogP contribution in [0.1, 0.15) is 70.4 Å². The van der Waals surface area contributed by atoms with Gasteiger partial charge >= 0.3 is 0 Å². The van der Waals surface area contributed by atoms with Gasteiger partial charge in [-0.2, -0.15) is 0 Å². The Morgan fingerprint density at radius 1 is 1.07 bits per heavy atom. The van der Waals surface area contributed by atoms with E-state index in [4.69, 9.17) is 9.52 Å². The van der Waals surface area contributed by atoms with Crippen molar-refractivity contribution in [3.63, 3.8) is 0 Å². The summed E-state index contributed by atoms with van der Waals surface area (Å²) in [5.41, 5.74) is 7.34. The zero-order valence-corrected chi connectivity index (χ0v) is 28.7. The fourth-order valence-electron chi connectivity index (χ4n) is 6.71. The summed E-state index contributed by atoms with van der Waals surface area (Å²) in [6.45, 7) is 7.36. The summed E-state index contributed by atoms with van der Waals surface area (Å²) in [5.74, 6) is 1.02. The van der Waals surface area contributed by atoms with E-state index in [0.29, 0.717) is 17.5 Å². The first-order chi connectivity index (χ1) is 21.2. The van der Waals surface area contributed by atoms with Crippen molar-refractivity contribution in [3.8, 4) is 11.3 Å². The Balaban J connectivity index is 0.000000452. The third-order valence-electron chi connectivity index (χ3n) is 8.50. The quantitative estimate of drug-likeness (QED) is 0.0623. The number of pyridine rings is 2. The van der Waals surface area contributed by atoms with Crippen molar-refractivity contribution in [1.82, 2.24) is 4.98 Å². The Kier molecular flexibility index (Phi) is 9.76. The van der Waals surface area contributed by atoms with Crippen molar-refractivity contribution in [3.05, 3.63) is 103 Å². The number of carbonyl (C=O) groups excluding carboxylic acids is 1. The molecule has 1 radical (unpaired) electrons. The number of fused-ring (bicyclic) bond motifs is 6. The van der Waals surface area contributed by atoms with Crippen LogP contribution in [0.3, 0.4) is 0 Å². The molecule has 0 atom stereocenters. The molecule has 1 aliphatic rings. The molecule has 0 saturated heterocycles. The number of ketones is 1. The van der Waals surface area contributed by atoms with E-state index in [1.165, 1.54) is 72.9 Å². The Morgan fingerprint density at radius 3 is 2.49 bits per heavy atom. The van der Waals surface area contributed by atoms with E-state index >= 15 is 0 Å². The number of rotatable bonds is 5. The maximum Gasteiger partial charge on any atom is 0.216 e. The van der Waals surface area contributed by atoms with E-state index in [0.717, 1.165) is 39.6 Å². The predicted octanol–water partition coefficient (Wildman–Crippen LogP) is 9.57. The van der Waals surface area contributed by atoms with Gasteiger partial charge in [-0.25, -0.2) is 4.98 Å². The van der Waals surface area contributed by atoms with Crippen molar-refractivity contribution in [2.45, 2.75) is 65.7 Å². The predicted molar refractivity (Wildman–Crippen MR) is 179 cm³/mol. The van der Waals surface area contributed by atoms with Gasteiger partial charge < -0.3 is 14.1 Å². The maximum atomic E-state index is 10.0. The van der Waals surface area contributed by atoms with Crippen molar-refractivity contribution in [2.24, 2.45) is 5.92 Å². The summed E-state index contributed by atoms with van der Waals surface area (Å²) in [4.78, 5) is 14.5. The zero-order chi connectivity index (χ0) is 31.0. The van der Waals surface area contributed by atoms with Gasteiger partial charge in [-0.3, -0.25) is 4.79 Å². The standard InChI is InChI=1S/C34H31N2O.C5H8O2.Ir/c1-21(2)17-22-18-28-26-13-8-16-35-34(26)37-33(28)29(19-22)31-20-27(23-9-4-5-10-23)32-25-12-7-6-11-24(25)14-15-30(32)36(31)3;1-4(6)3-5(2)7;/h6-8,11-16,18,20-21,23H,3-5,9-10,17H2,1-2H3;3,6H,1-2H3;/q-1;;/b;4-3-;. The molecule has 0 amide bonds. The van der Waals surface area contributed by atoms with Crippen LogP contribution in [0.25, 0.3) is 55.0 Å². The van der Waals surface area contributed by atoms with Gasteiger partial charge in [-0.05, 0) is 91.1 Å². The minimum atomic E-state index is -0.125. The Labute approximate surface area is 278 Å². The first kappa shape index (κ1) is 32.4. The average Bonchev–Trinajstić information content (AvgIpc) is 3.65. The topological polar surface area (TPSA) is 67.2 Å². The molecule has 0 aliphatic heterocycles. The number of aliphatic hydroxyl groups is 1. The van der Waals surface area contributed by atoms with E-state index in [1.807, 2.05) is 6.07 Å². The maximum absolute atomic E-state index is 10.0. The van der Waals surface area contributed by atoms with Gasteiger partial charge in [-0.15, -0.1) is 17.7 Å². The molecule has 45 heavy (non-hydrogen) atoms. The number of allylic oxidation sites excluding steroid dienone is 2. The van der Waals surface area contributed by atoms with E-state index in [9.17, 15) is 4.79 Å². The number of hydrogen-bond donors (Lipinski definition) is 1. The molecule has 5 nitrogen and oxygen atoms in total. The average molecular weight is 776 g/mol. The summed E-state index contributed by atoms with van der Waals surface area (Å²) >= 11 is 0. The van der Waals surface area contributed by atoms with E-state index in [2.05, 4.69) is 91.1 Å². The van der Waals surface area contributed by atoms with E-state index < -0.39 is 0 Å². The normalized spacial score (nSPS) is 13.8. The van der Waals surface area contributed by atoms with Gasteiger partial charge in [0.2, 0.25) is 5.71 Å². The summed E-state index contributed by atoms with van der Waals surface area (Å²) in [6.07, 6.45) is 8.98. The van der Waals surface area contributed by atoms with Crippen LogP contribution in [0.5, 0.6) is 0 Å². The molecule has 3 heterocycles. The third kappa shape index (κ3) is 6.54. The number of furan rings is 1. The fraction of sp³-hybridized carbons (Fsp3) is 0.282. The number of hydrogen-bond acceptors (Lipinski definition) is 4. The smallest absolute Gasteiger partial charge is 0.216 e. The first-order valence-electron chi connectivity index (χ1n) is 15.5. The summed E-state index contributed by atoms with van der Waals surface area (Å²) in [5, 5.41) is 14.4. The van der Waals surface area contributed by atoms with Crippen molar-refractivity contribution in [2.75, 3.05) is 0 Å². The van der Waals surface area contributed by atoms with Crippen molar-refractivity contribution >= 4 is 49.5 Å². The van der Waals surface area contributed by atoms with Gasteiger partial charge in [-0.1, -0.05) is 62.4 Å². The Morgan fingerprint density at radius 2 is 1.80 bits per heavy atom. The zero-order valence-electron chi connectivity index (χ0n) is 26.3. The summed E-state index contributed by atoms with van der Waals surface area (Å²) < 4.78 is 8.52. The molecule has 3 aromatic heterocycles. The molecule has 6 heteroatoms. The van der Waals surface area contributed by atoms with Crippen molar-refractivity contribution in [1.29, 1.82) is 0 Å². The van der Waals surface area contributed by atoms with Crippen LogP contribution < -0.4 is 4.57 Å². The number of benzene rings is 3. The molecule has 1 N–H and O–H groups in total. The van der Waals surface area contributed by atoms with Crippen LogP contribution in [0.15, 0.2) is 83.1 Å². The van der Waals surface area contributed by atoms with Gasteiger partial charge in [0, 0.05) is 50.2 Å². The number of aromatic nitrogens is 2. The molecule has 1 fully saturated rings. The molecular formula is C39H39IrN2O3-. The molecule has 233 valence electrons. The van der Waals surface area contributed by atoms with E-state index in [1.54, 1.807) is 6.20 Å². The van der Waals surface area contributed by atoms with Gasteiger partial charge in [0.1, 0.15) is 11.2 Å². The Bertz CT molecular complexity index is 2050. The second kappa shape index (κ2) is 13.6. The van der Waals surface area contributed by atoms with Gasteiger partial charge in [0.15, 0.2) is 5.78 Å². The summed E-state index contributed by atoms with van der Waals surface area (Å²) in [6, 6.07) is 25.7. The number of aliphatic hydroxyl groups excluding tert-OH is 1. The molecule has 0 spiro atoms. The van der Waals surface area contributed by atoms with Gasteiger partial charge in [0.25, 0.3) is 0 Å². The SMILES string of the molecule is CC(=O)/C=C(/C)O.[CH2-][n+]1c(-c2[c-]c(CC(C)C)cc3c2oc2ncccc23)cc(C2CCCC2)c2c3ccccc3ccc21.[Ir]. The second-order valence-electron chi connectivity index (χ2n) is 12.4. The number of carbonyl (C=O) groups is 1. The molecule has 6 aromatic rings. The van der Waals surface area contributed by atoms with Crippen LogP contribution in [-0.2, 0) is 31.3 Å². The molecule has 0 unspecified atom stereocenters. The molecular weight excluding hydrogens is 737 g/mol. The Hall–Kier alpha value is -3.99. The monoisotopic (exact) mass is 776 g/mol. The van der Waals surface area contributed by atoms with Crippen LogP contribution in [0, 0.1) is 19.0 Å². The molecule has 1 saturated carbocycles. The number of nitrogens with zero attached hydrogens (tertiary/aromatic N) is 2. The molecule has 3 aromatic carbocycles. The van der Waals surface area contributed by atoms with Crippen LogP contribution in [-0.4, -0.2) is 15.9 Å². The fourth-order valence-corrected chi connectivity index (χ4v) is 6.71. The molecule has 7 rings (SSSR count). The largest absolute Gasteiger partial charge is 0.512 e. The van der Waals surface area contributed by atoms with Crippen LogP contribution in [0.2, 0.25) is 0 Å². The third-order valence-corrected chi connectivity index (χ3v) is 8.50. The first-order valence-corrected chi connectivity index (χ1v) is 15.5. The summed E-state index contributed by atoms with van der Waals surface area (Å²) in [7, 11) is 4.59. The molecule has 1 aliphatic carbocycles.